The van der Waals surface area contributed by atoms with Crippen molar-refractivity contribution < 1.29 is 9.53 Å². The highest BCUT2D eigenvalue weighted by Gasteiger charge is 2.51. The first kappa shape index (κ1) is 18.5. The van der Waals surface area contributed by atoms with Crippen LogP contribution < -0.4 is 0 Å². The number of carbonyl (C=O) groups is 1. The molecule has 26 heavy (non-hydrogen) atoms. The Hall–Kier alpha value is -0.870. The first-order valence-electron chi connectivity index (χ1n) is 10.8. The zero-order valence-electron chi connectivity index (χ0n) is 16.7. The minimum absolute atomic E-state index is 0.338. The second kappa shape index (κ2) is 7.63. The van der Waals surface area contributed by atoms with Gasteiger partial charge in [0.25, 0.3) is 0 Å². The van der Waals surface area contributed by atoms with Gasteiger partial charge in [-0.25, -0.2) is 0 Å². The van der Waals surface area contributed by atoms with Gasteiger partial charge in [-0.2, -0.15) is 0 Å². The molecule has 0 aromatic rings. The van der Waals surface area contributed by atoms with Crippen molar-refractivity contribution in [2.75, 3.05) is 45.9 Å². The SMILES string of the molecule is CC1(C)[C@H]2CC=C(CN3CCC(CCC(=O)N4CCOCC4)CC3)[C@@H]1C2. The van der Waals surface area contributed by atoms with E-state index in [9.17, 15) is 4.79 Å². The Kier molecular flexibility index (Phi) is 5.43. The van der Waals surface area contributed by atoms with Gasteiger partial charge in [0.15, 0.2) is 0 Å². The molecule has 4 heteroatoms. The van der Waals surface area contributed by atoms with Crippen LogP contribution in [0.5, 0.6) is 0 Å². The summed E-state index contributed by atoms with van der Waals surface area (Å²) in [6.45, 7) is 11.5. The number of morpholine rings is 1. The summed E-state index contributed by atoms with van der Waals surface area (Å²) < 4.78 is 5.34. The van der Waals surface area contributed by atoms with E-state index in [1.807, 2.05) is 4.90 Å². The molecule has 2 bridgehead atoms. The third-order valence-corrected chi connectivity index (χ3v) is 7.83. The predicted octanol–water partition coefficient (Wildman–Crippen LogP) is 3.33. The van der Waals surface area contributed by atoms with Crippen molar-refractivity contribution in [2.24, 2.45) is 23.2 Å². The minimum atomic E-state index is 0.338. The molecule has 3 fully saturated rings. The number of nitrogens with zero attached hydrogens (tertiary/aromatic N) is 2. The van der Waals surface area contributed by atoms with E-state index in [-0.39, 0.29) is 0 Å². The van der Waals surface area contributed by atoms with Gasteiger partial charge in [-0.3, -0.25) is 9.69 Å². The van der Waals surface area contributed by atoms with Crippen LogP contribution in [-0.4, -0.2) is 61.6 Å². The van der Waals surface area contributed by atoms with Crippen molar-refractivity contribution in [3.05, 3.63) is 11.6 Å². The second-order valence-electron chi connectivity index (χ2n) is 9.57. The molecule has 2 aliphatic heterocycles. The lowest BCUT2D eigenvalue weighted by molar-refractivity contribution is -0.135. The molecular weight excluding hydrogens is 324 g/mol. The quantitative estimate of drug-likeness (QED) is 0.705. The molecule has 1 saturated carbocycles. The topological polar surface area (TPSA) is 32.8 Å². The Morgan fingerprint density at radius 3 is 2.58 bits per heavy atom. The van der Waals surface area contributed by atoms with Gasteiger partial charge in [-0.05, 0) is 68.4 Å². The number of allylic oxidation sites excluding steroid dienone is 1. The van der Waals surface area contributed by atoms with Crippen molar-refractivity contribution in [1.82, 2.24) is 9.80 Å². The molecule has 0 N–H and O–H groups in total. The van der Waals surface area contributed by atoms with Crippen molar-refractivity contribution in [2.45, 2.75) is 52.4 Å². The fraction of sp³-hybridized carbons (Fsp3) is 0.864. The van der Waals surface area contributed by atoms with Crippen LogP contribution in [-0.2, 0) is 9.53 Å². The number of hydrogen-bond donors (Lipinski definition) is 0. The summed E-state index contributed by atoms with van der Waals surface area (Å²) in [7, 11) is 0. The molecule has 1 amide bonds. The number of amides is 1. The van der Waals surface area contributed by atoms with Gasteiger partial charge in [0.1, 0.15) is 0 Å². The first-order valence-corrected chi connectivity index (χ1v) is 10.8. The number of carbonyl (C=O) groups excluding carboxylic acids is 1. The number of hydrogen-bond acceptors (Lipinski definition) is 3. The first-order chi connectivity index (χ1) is 12.5. The van der Waals surface area contributed by atoms with E-state index in [0.29, 0.717) is 24.5 Å². The summed E-state index contributed by atoms with van der Waals surface area (Å²) >= 11 is 0. The Bertz CT molecular complexity index is 542. The molecule has 2 saturated heterocycles. The van der Waals surface area contributed by atoms with E-state index in [1.54, 1.807) is 5.57 Å². The monoisotopic (exact) mass is 360 g/mol. The summed E-state index contributed by atoms with van der Waals surface area (Å²) in [5, 5.41) is 0. The van der Waals surface area contributed by atoms with Gasteiger partial charge in [0.2, 0.25) is 5.91 Å². The molecule has 5 rings (SSSR count). The predicted molar refractivity (Wildman–Crippen MR) is 104 cm³/mol. The van der Waals surface area contributed by atoms with Crippen LogP contribution in [0.3, 0.4) is 0 Å². The maximum absolute atomic E-state index is 12.3. The highest BCUT2D eigenvalue weighted by molar-refractivity contribution is 5.76. The van der Waals surface area contributed by atoms with Crippen LogP contribution in [0.15, 0.2) is 11.6 Å². The van der Waals surface area contributed by atoms with Crippen molar-refractivity contribution in [3.8, 4) is 0 Å². The van der Waals surface area contributed by atoms with Crippen molar-refractivity contribution in [1.29, 1.82) is 0 Å². The van der Waals surface area contributed by atoms with E-state index in [0.717, 1.165) is 43.7 Å². The van der Waals surface area contributed by atoms with Crippen LogP contribution in [0.4, 0.5) is 0 Å². The number of rotatable bonds is 5. The normalized spacial score (nSPS) is 32.1. The lowest BCUT2D eigenvalue weighted by Crippen LogP contribution is -2.50. The fourth-order valence-corrected chi connectivity index (χ4v) is 5.65. The largest absolute Gasteiger partial charge is 0.378 e. The molecule has 3 aliphatic carbocycles. The lowest BCUT2D eigenvalue weighted by Gasteiger charge is -2.57. The molecule has 0 aromatic heterocycles. The number of fused-ring (bicyclic) bond motifs is 1. The Labute approximate surface area is 158 Å². The van der Waals surface area contributed by atoms with Crippen LogP contribution in [0, 0.1) is 23.2 Å². The van der Waals surface area contributed by atoms with Gasteiger partial charge < -0.3 is 9.64 Å². The Morgan fingerprint density at radius 2 is 1.92 bits per heavy atom. The third-order valence-electron chi connectivity index (χ3n) is 7.83. The van der Waals surface area contributed by atoms with Crippen LogP contribution >= 0.6 is 0 Å². The van der Waals surface area contributed by atoms with E-state index in [4.69, 9.17) is 4.74 Å². The molecular formula is C22H36N2O2. The van der Waals surface area contributed by atoms with Crippen LogP contribution in [0.25, 0.3) is 0 Å². The van der Waals surface area contributed by atoms with E-state index in [2.05, 4.69) is 24.8 Å². The second-order valence-corrected chi connectivity index (χ2v) is 9.57. The third kappa shape index (κ3) is 3.73. The highest BCUT2D eigenvalue weighted by atomic mass is 16.5. The summed E-state index contributed by atoms with van der Waals surface area (Å²) in [6, 6.07) is 0. The lowest BCUT2D eigenvalue weighted by atomic mass is 9.49. The van der Waals surface area contributed by atoms with Crippen LogP contribution in [0.2, 0.25) is 0 Å². The van der Waals surface area contributed by atoms with Crippen molar-refractivity contribution >= 4 is 5.91 Å². The molecule has 0 radical (unpaired) electrons. The summed E-state index contributed by atoms with van der Waals surface area (Å²) in [5.41, 5.74) is 2.26. The summed E-state index contributed by atoms with van der Waals surface area (Å²) in [6.07, 6.45) is 9.62. The maximum Gasteiger partial charge on any atom is 0.222 e. The molecule has 2 heterocycles. The van der Waals surface area contributed by atoms with E-state index in [1.165, 1.54) is 45.3 Å². The molecule has 4 nitrogen and oxygen atoms in total. The van der Waals surface area contributed by atoms with E-state index >= 15 is 0 Å². The molecule has 0 unspecified atom stereocenters. The van der Waals surface area contributed by atoms with Gasteiger partial charge in [-0.1, -0.05) is 25.5 Å². The number of piperidine rings is 1. The van der Waals surface area contributed by atoms with Crippen LogP contribution in [0.1, 0.15) is 52.4 Å². The van der Waals surface area contributed by atoms with Gasteiger partial charge in [0, 0.05) is 26.1 Å². The number of ether oxygens (including phenoxy) is 1. The highest BCUT2D eigenvalue weighted by Crippen LogP contribution is 2.59. The zero-order chi connectivity index (χ0) is 18.1. The Balaban J connectivity index is 1.18. The minimum Gasteiger partial charge on any atom is -0.378 e. The standard InChI is InChI=1S/C22H36N2O2/c1-22(2)19-5-4-18(20(22)15-19)16-23-9-7-17(8-10-23)3-6-21(25)24-11-13-26-14-12-24/h4,17,19-20H,3,5-16H2,1-2H3/t19-,20-/m0/s1. The Morgan fingerprint density at radius 1 is 1.19 bits per heavy atom. The summed E-state index contributed by atoms with van der Waals surface area (Å²) in [4.78, 5) is 17.0. The van der Waals surface area contributed by atoms with E-state index < -0.39 is 0 Å². The molecule has 5 aliphatic rings. The average Bonchev–Trinajstić information content (AvgIpc) is 2.68. The smallest absolute Gasteiger partial charge is 0.222 e. The van der Waals surface area contributed by atoms with Gasteiger partial charge in [0.05, 0.1) is 13.2 Å². The molecule has 0 aromatic carbocycles. The zero-order valence-corrected chi connectivity index (χ0v) is 16.7. The number of likely N-dealkylation sites (tertiary alicyclic amines) is 1. The molecule has 0 spiro atoms. The van der Waals surface area contributed by atoms with Crippen molar-refractivity contribution in [3.63, 3.8) is 0 Å². The summed E-state index contributed by atoms with van der Waals surface area (Å²) in [5.74, 6) is 2.85. The van der Waals surface area contributed by atoms with Gasteiger partial charge >= 0.3 is 0 Å². The molecule has 2 atom stereocenters. The van der Waals surface area contributed by atoms with Gasteiger partial charge in [-0.15, -0.1) is 0 Å². The molecule has 146 valence electrons. The fourth-order valence-electron chi connectivity index (χ4n) is 5.65. The maximum atomic E-state index is 12.3. The average molecular weight is 361 g/mol.